The van der Waals surface area contributed by atoms with Gasteiger partial charge in [-0.3, -0.25) is 0 Å². The van der Waals surface area contributed by atoms with E-state index in [9.17, 15) is 0 Å². The molecule has 216 valence electrons. The Bertz CT molecular complexity index is 2000. The molecule has 1 heterocycles. The fourth-order valence-electron chi connectivity index (χ4n) is 5.92. The SMILES string of the molecule is C=Cc1oc2ccc(-c3ccc(N(c4ccc(-c5ccccc5)cc4)c4ccc(-c5ccccc5)cc4)cc3)cc2c1/C=C\C. The van der Waals surface area contributed by atoms with Crippen molar-refractivity contribution in [3.05, 3.63) is 176 Å². The lowest BCUT2D eigenvalue weighted by Crippen LogP contribution is -2.09. The van der Waals surface area contributed by atoms with Crippen molar-refractivity contribution in [2.45, 2.75) is 6.92 Å². The molecule has 0 bridgehead atoms. The van der Waals surface area contributed by atoms with E-state index in [1.165, 1.54) is 22.3 Å². The summed E-state index contributed by atoms with van der Waals surface area (Å²) in [6.07, 6.45) is 5.89. The second-order valence-corrected chi connectivity index (χ2v) is 11.0. The molecule has 0 saturated heterocycles. The molecule has 0 unspecified atom stereocenters. The summed E-state index contributed by atoms with van der Waals surface area (Å²) in [6, 6.07) is 53.8. The van der Waals surface area contributed by atoms with Crippen LogP contribution in [0, 0.1) is 0 Å². The van der Waals surface area contributed by atoms with Crippen LogP contribution in [-0.2, 0) is 0 Å². The smallest absolute Gasteiger partial charge is 0.135 e. The average Bonchev–Trinajstić information content (AvgIpc) is 3.47. The Kier molecular flexibility index (Phi) is 7.70. The summed E-state index contributed by atoms with van der Waals surface area (Å²) in [5, 5.41) is 1.09. The third kappa shape index (κ3) is 5.62. The Morgan fingerprint density at radius 1 is 0.511 bits per heavy atom. The third-order valence-corrected chi connectivity index (χ3v) is 8.20. The van der Waals surface area contributed by atoms with Crippen LogP contribution in [0.3, 0.4) is 0 Å². The van der Waals surface area contributed by atoms with Crippen molar-refractivity contribution >= 4 is 40.2 Å². The summed E-state index contributed by atoms with van der Waals surface area (Å²) in [6.45, 7) is 5.95. The fourth-order valence-corrected chi connectivity index (χ4v) is 5.92. The van der Waals surface area contributed by atoms with Crippen LogP contribution >= 0.6 is 0 Å². The van der Waals surface area contributed by atoms with Crippen molar-refractivity contribution in [1.29, 1.82) is 0 Å². The molecule has 0 aliphatic heterocycles. The van der Waals surface area contributed by atoms with Crippen LogP contribution in [0.5, 0.6) is 0 Å². The van der Waals surface area contributed by atoms with Gasteiger partial charge >= 0.3 is 0 Å². The molecule has 7 aromatic rings. The maximum absolute atomic E-state index is 6.04. The molecule has 1 aromatic heterocycles. The molecule has 0 N–H and O–H groups in total. The maximum atomic E-state index is 6.04. The predicted molar refractivity (Wildman–Crippen MR) is 192 cm³/mol. The van der Waals surface area contributed by atoms with Gasteiger partial charge in [-0.2, -0.15) is 0 Å². The first kappa shape index (κ1) is 27.9. The molecule has 0 fully saturated rings. The fraction of sp³-hybridized carbons (Fsp3) is 0.0233. The van der Waals surface area contributed by atoms with Crippen LogP contribution in [0.15, 0.2) is 169 Å². The Labute approximate surface area is 264 Å². The van der Waals surface area contributed by atoms with Crippen molar-refractivity contribution in [3.8, 4) is 33.4 Å². The van der Waals surface area contributed by atoms with Crippen molar-refractivity contribution < 1.29 is 4.42 Å². The number of hydrogen-bond acceptors (Lipinski definition) is 2. The van der Waals surface area contributed by atoms with E-state index in [2.05, 4.69) is 163 Å². The number of anilines is 3. The molecular formula is C43H33NO. The first-order valence-corrected chi connectivity index (χ1v) is 15.2. The minimum atomic E-state index is 0.794. The number of furan rings is 1. The van der Waals surface area contributed by atoms with Crippen molar-refractivity contribution in [2.75, 3.05) is 4.90 Å². The zero-order valence-corrected chi connectivity index (χ0v) is 25.2. The monoisotopic (exact) mass is 579 g/mol. The summed E-state index contributed by atoms with van der Waals surface area (Å²) in [4.78, 5) is 2.31. The molecule has 0 aliphatic carbocycles. The molecule has 6 aromatic carbocycles. The van der Waals surface area contributed by atoms with E-state index in [-0.39, 0.29) is 0 Å². The van der Waals surface area contributed by atoms with E-state index in [1.807, 2.05) is 19.1 Å². The van der Waals surface area contributed by atoms with Crippen LogP contribution in [-0.4, -0.2) is 0 Å². The van der Waals surface area contributed by atoms with Crippen LogP contribution in [0.1, 0.15) is 18.2 Å². The van der Waals surface area contributed by atoms with Crippen molar-refractivity contribution in [1.82, 2.24) is 0 Å². The maximum Gasteiger partial charge on any atom is 0.135 e. The van der Waals surface area contributed by atoms with Crippen LogP contribution in [0.2, 0.25) is 0 Å². The lowest BCUT2D eigenvalue weighted by atomic mass is 10.0. The molecule has 2 heteroatoms. The Hall–Kier alpha value is -5.86. The second kappa shape index (κ2) is 12.4. The normalized spacial score (nSPS) is 11.2. The highest BCUT2D eigenvalue weighted by Crippen LogP contribution is 2.38. The number of rotatable bonds is 8. The lowest BCUT2D eigenvalue weighted by molar-refractivity contribution is 0.603. The highest BCUT2D eigenvalue weighted by atomic mass is 16.3. The largest absolute Gasteiger partial charge is 0.456 e. The molecule has 7 rings (SSSR count). The van der Waals surface area contributed by atoms with Gasteiger partial charge in [-0.25, -0.2) is 0 Å². The second-order valence-electron chi connectivity index (χ2n) is 11.0. The zero-order valence-electron chi connectivity index (χ0n) is 25.2. The van der Waals surface area contributed by atoms with E-state index in [4.69, 9.17) is 4.42 Å². The zero-order chi connectivity index (χ0) is 30.6. The van der Waals surface area contributed by atoms with Gasteiger partial charge in [0.05, 0.1) is 0 Å². The summed E-state index contributed by atoms with van der Waals surface area (Å²) in [5.41, 5.74) is 12.3. The lowest BCUT2D eigenvalue weighted by Gasteiger charge is -2.26. The molecule has 0 radical (unpaired) electrons. The average molecular weight is 580 g/mol. The number of nitrogens with zero attached hydrogens (tertiary/aromatic N) is 1. The van der Waals surface area contributed by atoms with E-state index in [0.717, 1.165) is 50.5 Å². The molecular weight excluding hydrogens is 546 g/mol. The van der Waals surface area contributed by atoms with E-state index < -0.39 is 0 Å². The molecule has 2 nitrogen and oxygen atoms in total. The van der Waals surface area contributed by atoms with Gasteiger partial charge < -0.3 is 9.32 Å². The minimum Gasteiger partial charge on any atom is -0.456 e. The quantitative estimate of drug-likeness (QED) is 0.178. The molecule has 0 aliphatic rings. The first-order valence-electron chi connectivity index (χ1n) is 15.2. The highest BCUT2D eigenvalue weighted by molar-refractivity contribution is 5.94. The molecule has 0 saturated carbocycles. The van der Waals surface area contributed by atoms with Gasteiger partial charge in [0, 0.05) is 28.0 Å². The first-order chi connectivity index (χ1) is 22.2. The summed E-state index contributed by atoms with van der Waals surface area (Å²) >= 11 is 0. The van der Waals surface area contributed by atoms with E-state index in [1.54, 1.807) is 6.08 Å². The van der Waals surface area contributed by atoms with Gasteiger partial charge in [0.25, 0.3) is 0 Å². The summed E-state index contributed by atoms with van der Waals surface area (Å²) in [5.74, 6) is 0.794. The Morgan fingerprint density at radius 2 is 0.933 bits per heavy atom. The minimum absolute atomic E-state index is 0.794. The Morgan fingerprint density at radius 3 is 1.38 bits per heavy atom. The van der Waals surface area contributed by atoms with Crippen molar-refractivity contribution in [3.63, 3.8) is 0 Å². The number of benzene rings is 6. The Balaban J connectivity index is 1.27. The van der Waals surface area contributed by atoms with Gasteiger partial charge in [-0.15, -0.1) is 0 Å². The predicted octanol–water partition coefficient (Wildman–Crippen LogP) is 12.6. The van der Waals surface area contributed by atoms with Gasteiger partial charge in [0.1, 0.15) is 11.3 Å². The van der Waals surface area contributed by atoms with Crippen LogP contribution in [0.25, 0.3) is 56.5 Å². The summed E-state index contributed by atoms with van der Waals surface area (Å²) < 4.78 is 6.04. The van der Waals surface area contributed by atoms with E-state index >= 15 is 0 Å². The highest BCUT2D eigenvalue weighted by Gasteiger charge is 2.15. The van der Waals surface area contributed by atoms with Gasteiger partial charge in [0.15, 0.2) is 0 Å². The molecule has 0 atom stereocenters. The number of allylic oxidation sites excluding steroid dienone is 1. The molecule has 45 heavy (non-hydrogen) atoms. The standard InChI is InChI=1S/C43H33NO/c1-3-11-40-41-30-36(22-29-43(41)45-42(40)4-2)35-20-27-39(28-21-35)44(37-23-16-33(17-24-37)31-12-7-5-8-13-31)38-25-18-34(19-26-38)32-14-9-6-10-15-32/h3-30H,2H2,1H3/b11-3-. The topological polar surface area (TPSA) is 16.4 Å². The molecule has 0 spiro atoms. The summed E-state index contributed by atoms with van der Waals surface area (Å²) in [7, 11) is 0. The molecule has 0 amide bonds. The van der Waals surface area contributed by atoms with Gasteiger partial charge in [-0.05, 0) is 94.9 Å². The number of fused-ring (bicyclic) bond motifs is 1. The third-order valence-electron chi connectivity index (χ3n) is 8.20. The number of hydrogen-bond donors (Lipinski definition) is 0. The van der Waals surface area contributed by atoms with E-state index in [0.29, 0.717) is 0 Å². The van der Waals surface area contributed by atoms with Gasteiger partial charge in [0.2, 0.25) is 0 Å². The van der Waals surface area contributed by atoms with Crippen LogP contribution < -0.4 is 4.90 Å². The van der Waals surface area contributed by atoms with Crippen LogP contribution in [0.4, 0.5) is 17.1 Å². The van der Waals surface area contributed by atoms with Crippen molar-refractivity contribution in [2.24, 2.45) is 0 Å². The van der Waals surface area contributed by atoms with Gasteiger partial charge in [-0.1, -0.05) is 122 Å².